The lowest BCUT2D eigenvalue weighted by Gasteiger charge is -2.28. The monoisotopic (exact) mass is 289 g/mol. The Hall–Kier alpha value is -1.06. The molecular weight excluding hydrogens is 262 g/mol. The van der Waals surface area contributed by atoms with Crippen molar-refractivity contribution in [2.24, 2.45) is 5.92 Å². The number of aliphatic hydroxyl groups excluding tert-OH is 1. The van der Waals surface area contributed by atoms with E-state index in [1.807, 2.05) is 0 Å². The zero-order chi connectivity index (χ0) is 14.7. The maximum absolute atomic E-state index is 9.81. The first-order valence-corrected chi connectivity index (χ1v) is 8.37. The van der Waals surface area contributed by atoms with Crippen molar-refractivity contribution in [1.29, 1.82) is 0 Å². The quantitative estimate of drug-likeness (QED) is 0.896. The molecule has 3 atom stereocenters. The zero-order valence-electron chi connectivity index (χ0n) is 13.0. The molecular formula is C18H27NO2. The number of benzene rings is 1. The van der Waals surface area contributed by atoms with Crippen LogP contribution in [0.25, 0.3) is 0 Å². The Kier molecular flexibility index (Phi) is 4.81. The summed E-state index contributed by atoms with van der Waals surface area (Å²) in [6.07, 6.45) is 6.49. The molecule has 3 unspecified atom stereocenters. The van der Waals surface area contributed by atoms with Crippen LogP contribution in [-0.4, -0.2) is 24.4 Å². The highest BCUT2D eigenvalue weighted by Crippen LogP contribution is 2.33. The first-order chi connectivity index (χ1) is 10.2. The van der Waals surface area contributed by atoms with Crippen molar-refractivity contribution in [1.82, 2.24) is 5.32 Å². The van der Waals surface area contributed by atoms with Gasteiger partial charge in [0.2, 0.25) is 0 Å². The number of nitrogens with one attached hydrogen (secondary N) is 1. The van der Waals surface area contributed by atoms with E-state index in [4.69, 9.17) is 4.74 Å². The largest absolute Gasteiger partial charge is 0.493 e. The summed E-state index contributed by atoms with van der Waals surface area (Å²) in [4.78, 5) is 0. The van der Waals surface area contributed by atoms with Crippen LogP contribution in [0.4, 0.5) is 0 Å². The summed E-state index contributed by atoms with van der Waals surface area (Å²) in [5.74, 6) is 1.66. The highest BCUT2D eigenvalue weighted by Gasteiger charge is 2.23. The average Bonchev–Trinajstić information content (AvgIpc) is 2.67. The molecule has 1 fully saturated rings. The Morgan fingerprint density at radius 3 is 3.00 bits per heavy atom. The van der Waals surface area contributed by atoms with Crippen molar-refractivity contribution in [2.45, 2.75) is 57.6 Å². The summed E-state index contributed by atoms with van der Waals surface area (Å²) >= 11 is 0. The van der Waals surface area contributed by atoms with Crippen molar-refractivity contribution < 1.29 is 9.84 Å². The molecule has 116 valence electrons. The maximum Gasteiger partial charge on any atom is 0.124 e. The van der Waals surface area contributed by atoms with Gasteiger partial charge in [-0.2, -0.15) is 0 Å². The molecule has 1 aliphatic carbocycles. The van der Waals surface area contributed by atoms with Gasteiger partial charge < -0.3 is 15.2 Å². The third-order valence-electron chi connectivity index (χ3n) is 4.84. The molecule has 21 heavy (non-hydrogen) atoms. The summed E-state index contributed by atoms with van der Waals surface area (Å²) in [6, 6.07) is 6.88. The predicted molar refractivity (Wildman–Crippen MR) is 84.6 cm³/mol. The van der Waals surface area contributed by atoms with Crippen molar-refractivity contribution in [3.63, 3.8) is 0 Å². The van der Waals surface area contributed by atoms with Crippen molar-refractivity contribution in [3.05, 3.63) is 29.3 Å². The smallest absolute Gasteiger partial charge is 0.124 e. The molecule has 2 aliphatic rings. The number of hydrogen-bond acceptors (Lipinski definition) is 3. The fourth-order valence-electron chi connectivity index (χ4n) is 3.67. The van der Waals surface area contributed by atoms with E-state index in [0.717, 1.165) is 51.0 Å². The van der Waals surface area contributed by atoms with Crippen LogP contribution in [0.3, 0.4) is 0 Å². The summed E-state index contributed by atoms with van der Waals surface area (Å²) in [7, 11) is 0. The third kappa shape index (κ3) is 3.78. The van der Waals surface area contributed by atoms with Gasteiger partial charge in [-0.25, -0.2) is 0 Å². The normalized spacial score (nSPS) is 29.3. The van der Waals surface area contributed by atoms with E-state index in [0.29, 0.717) is 12.0 Å². The number of aryl methyl sites for hydroxylation is 1. The van der Waals surface area contributed by atoms with Gasteiger partial charge >= 0.3 is 0 Å². The van der Waals surface area contributed by atoms with Crippen LogP contribution >= 0.6 is 0 Å². The number of hydrogen-bond donors (Lipinski definition) is 2. The van der Waals surface area contributed by atoms with Gasteiger partial charge in [-0.05, 0) is 57.6 Å². The van der Waals surface area contributed by atoms with Crippen LogP contribution in [0.2, 0.25) is 0 Å². The molecule has 0 aromatic heterocycles. The number of fused-ring (bicyclic) bond motifs is 1. The van der Waals surface area contributed by atoms with E-state index in [9.17, 15) is 5.11 Å². The average molecular weight is 289 g/mol. The minimum atomic E-state index is -0.0856. The second-order valence-electron chi connectivity index (χ2n) is 6.68. The predicted octanol–water partition coefficient (Wildman–Crippen LogP) is 3.35. The van der Waals surface area contributed by atoms with Crippen LogP contribution in [0.5, 0.6) is 5.75 Å². The molecule has 3 rings (SSSR count). The fraction of sp³-hybridized carbons (Fsp3) is 0.667. The number of ether oxygens (including phenoxy) is 1. The van der Waals surface area contributed by atoms with E-state index >= 15 is 0 Å². The van der Waals surface area contributed by atoms with Gasteiger partial charge in [-0.3, -0.25) is 0 Å². The van der Waals surface area contributed by atoms with Crippen LogP contribution in [0, 0.1) is 12.8 Å². The van der Waals surface area contributed by atoms with Crippen molar-refractivity contribution in [3.8, 4) is 5.75 Å². The van der Waals surface area contributed by atoms with Crippen LogP contribution < -0.4 is 10.1 Å². The molecule has 3 heteroatoms. The summed E-state index contributed by atoms with van der Waals surface area (Å²) < 4.78 is 5.86. The first kappa shape index (κ1) is 14.9. The lowest BCUT2D eigenvalue weighted by molar-refractivity contribution is 0.0995. The zero-order valence-corrected chi connectivity index (χ0v) is 13.0. The summed E-state index contributed by atoms with van der Waals surface area (Å²) in [6.45, 7) is 3.96. The van der Waals surface area contributed by atoms with Crippen LogP contribution in [0.1, 0.15) is 55.7 Å². The molecule has 1 saturated carbocycles. The van der Waals surface area contributed by atoms with E-state index in [2.05, 4.69) is 30.4 Å². The third-order valence-corrected chi connectivity index (χ3v) is 4.84. The van der Waals surface area contributed by atoms with Crippen LogP contribution in [0.15, 0.2) is 18.2 Å². The van der Waals surface area contributed by atoms with Gasteiger partial charge in [0.05, 0.1) is 12.7 Å². The second kappa shape index (κ2) is 6.80. The SMILES string of the molecule is Cc1ccc2c(c1)C(NCC1CCCC(O)C1)CCCO2. The Balaban J connectivity index is 1.66. The van der Waals surface area contributed by atoms with E-state index in [1.165, 1.54) is 17.5 Å². The minimum Gasteiger partial charge on any atom is -0.493 e. The van der Waals surface area contributed by atoms with Gasteiger partial charge in [-0.1, -0.05) is 24.1 Å². The maximum atomic E-state index is 9.81. The first-order valence-electron chi connectivity index (χ1n) is 8.37. The van der Waals surface area contributed by atoms with Crippen molar-refractivity contribution >= 4 is 0 Å². The molecule has 2 N–H and O–H groups in total. The Labute approximate surface area is 127 Å². The Bertz CT molecular complexity index is 474. The van der Waals surface area contributed by atoms with E-state index in [-0.39, 0.29) is 6.10 Å². The number of aliphatic hydroxyl groups is 1. The number of rotatable bonds is 3. The van der Waals surface area contributed by atoms with E-state index < -0.39 is 0 Å². The molecule has 0 bridgehead atoms. The Morgan fingerprint density at radius 2 is 2.14 bits per heavy atom. The lowest BCUT2D eigenvalue weighted by atomic mass is 9.87. The summed E-state index contributed by atoms with van der Waals surface area (Å²) in [5, 5.41) is 13.6. The highest BCUT2D eigenvalue weighted by molar-refractivity contribution is 5.39. The van der Waals surface area contributed by atoms with Gasteiger partial charge in [0.25, 0.3) is 0 Å². The Morgan fingerprint density at radius 1 is 1.24 bits per heavy atom. The van der Waals surface area contributed by atoms with Crippen LogP contribution in [-0.2, 0) is 0 Å². The molecule has 1 aromatic carbocycles. The van der Waals surface area contributed by atoms with Gasteiger partial charge in [0, 0.05) is 11.6 Å². The molecule has 0 radical (unpaired) electrons. The molecule has 0 amide bonds. The topological polar surface area (TPSA) is 41.5 Å². The molecule has 0 saturated heterocycles. The summed E-state index contributed by atoms with van der Waals surface area (Å²) in [5.41, 5.74) is 2.60. The van der Waals surface area contributed by atoms with Gasteiger partial charge in [-0.15, -0.1) is 0 Å². The fourth-order valence-corrected chi connectivity index (χ4v) is 3.67. The minimum absolute atomic E-state index is 0.0856. The van der Waals surface area contributed by atoms with E-state index in [1.54, 1.807) is 0 Å². The molecule has 1 heterocycles. The standard InChI is InChI=1S/C18H27NO2/c1-13-7-8-18-16(10-13)17(6-3-9-21-18)19-12-14-4-2-5-15(20)11-14/h7-8,10,14-15,17,19-20H,2-6,9,11-12H2,1H3. The molecule has 1 aromatic rings. The van der Waals surface area contributed by atoms with Gasteiger partial charge in [0.15, 0.2) is 0 Å². The van der Waals surface area contributed by atoms with Crippen molar-refractivity contribution in [2.75, 3.05) is 13.2 Å². The highest BCUT2D eigenvalue weighted by atomic mass is 16.5. The second-order valence-corrected chi connectivity index (χ2v) is 6.68. The van der Waals surface area contributed by atoms with Gasteiger partial charge in [0.1, 0.15) is 5.75 Å². The lowest BCUT2D eigenvalue weighted by Crippen LogP contribution is -2.31. The molecule has 3 nitrogen and oxygen atoms in total. The molecule has 1 aliphatic heterocycles. The molecule has 0 spiro atoms.